The molecule has 2 aromatic carbocycles. The Morgan fingerprint density at radius 1 is 1.10 bits per heavy atom. The lowest BCUT2D eigenvalue weighted by atomic mass is 10.1. The van der Waals surface area contributed by atoms with E-state index >= 15 is 0 Å². The summed E-state index contributed by atoms with van der Waals surface area (Å²) in [6, 6.07) is 14.3. The minimum atomic E-state index is -3.40. The van der Waals surface area contributed by atoms with E-state index in [1.165, 1.54) is 4.31 Å². The SMILES string of the molecule is COc1ccccc1[C@@H](C)NC(=O)CCc1ccc(S(=O)(=O)N2CCCC2)cc1. The first-order chi connectivity index (χ1) is 13.9. The van der Waals surface area contributed by atoms with E-state index in [1.54, 1.807) is 31.4 Å². The fraction of sp³-hybridized carbons (Fsp3) is 0.409. The summed E-state index contributed by atoms with van der Waals surface area (Å²) in [7, 11) is -1.79. The number of hydrogen-bond acceptors (Lipinski definition) is 4. The van der Waals surface area contributed by atoms with Crippen LogP contribution in [0.25, 0.3) is 0 Å². The molecule has 29 heavy (non-hydrogen) atoms. The van der Waals surface area contributed by atoms with Gasteiger partial charge in [0.05, 0.1) is 18.0 Å². The van der Waals surface area contributed by atoms with E-state index in [2.05, 4.69) is 5.32 Å². The second kappa shape index (κ2) is 9.41. The van der Waals surface area contributed by atoms with Crippen LogP contribution in [0.15, 0.2) is 53.4 Å². The standard InChI is InChI=1S/C22H28N2O4S/c1-17(20-7-3-4-8-21(20)28-2)23-22(25)14-11-18-9-12-19(13-10-18)29(26,27)24-15-5-6-16-24/h3-4,7-10,12-13,17H,5-6,11,14-16H2,1-2H3,(H,23,25)/t17-/m1/s1. The van der Waals surface area contributed by atoms with Crippen LogP contribution in [0.5, 0.6) is 5.75 Å². The quantitative estimate of drug-likeness (QED) is 0.717. The highest BCUT2D eigenvalue weighted by Crippen LogP contribution is 2.24. The van der Waals surface area contributed by atoms with Crippen molar-refractivity contribution in [1.82, 2.24) is 9.62 Å². The Kier molecular flexibility index (Phi) is 6.92. The minimum absolute atomic E-state index is 0.0582. The predicted molar refractivity (Wildman–Crippen MR) is 112 cm³/mol. The number of amides is 1. The van der Waals surface area contributed by atoms with Crippen molar-refractivity contribution in [1.29, 1.82) is 0 Å². The lowest BCUT2D eigenvalue weighted by Crippen LogP contribution is -2.28. The summed E-state index contributed by atoms with van der Waals surface area (Å²) in [4.78, 5) is 12.7. The molecule has 0 aromatic heterocycles. The van der Waals surface area contributed by atoms with Gasteiger partial charge in [0.2, 0.25) is 15.9 Å². The lowest BCUT2D eigenvalue weighted by molar-refractivity contribution is -0.121. The van der Waals surface area contributed by atoms with Crippen LogP contribution >= 0.6 is 0 Å². The van der Waals surface area contributed by atoms with Crippen molar-refractivity contribution in [2.45, 2.75) is 43.5 Å². The van der Waals surface area contributed by atoms with Crippen molar-refractivity contribution in [3.63, 3.8) is 0 Å². The van der Waals surface area contributed by atoms with E-state index in [4.69, 9.17) is 4.74 Å². The van der Waals surface area contributed by atoms with Gasteiger partial charge in [-0.25, -0.2) is 8.42 Å². The number of sulfonamides is 1. The molecule has 1 heterocycles. The first-order valence-electron chi connectivity index (χ1n) is 9.93. The van der Waals surface area contributed by atoms with Crippen LogP contribution < -0.4 is 10.1 Å². The summed E-state index contributed by atoms with van der Waals surface area (Å²) >= 11 is 0. The number of benzene rings is 2. The molecular formula is C22H28N2O4S. The Bertz CT molecular complexity index is 936. The molecule has 0 spiro atoms. The maximum atomic E-state index is 12.6. The van der Waals surface area contributed by atoms with Crippen LogP contribution in [-0.4, -0.2) is 38.8 Å². The van der Waals surface area contributed by atoms with Crippen molar-refractivity contribution < 1.29 is 17.9 Å². The number of methoxy groups -OCH3 is 1. The average molecular weight is 417 g/mol. The van der Waals surface area contributed by atoms with Gasteiger partial charge in [0.15, 0.2) is 0 Å². The number of aryl methyl sites for hydroxylation is 1. The van der Waals surface area contributed by atoms with E-state index in [0.29, 0.717) is 30.8 Å². The molecule has 1 N–H and O–H groups in total. The largest absolute Gasteiger partial charge is 0.496 e. The Morgan fingerprint density at radius 3 is 2.41 bits per heavy atom. The third kappa shape index (κ3) is 5.16. The molecule has 0 bridgehead atoms. The van der Waals surface area contributed by atoms with Gasteiger partial charge in [0, 0.05) is 25.1 Å². The smallest absolute Gasteiger partial charge is 0.243 e. The summed E-state index contributed by atoms with van der Waals surface area (Å²) in [5.74, 6) is 0.687. The van der Waals surface area contributed by atoms with Crippen LogP contribution in [0.1, 0.15) is 43.4 Å². The van der Waals surface area contributed by atoms with Gasteiger partial charge in [-0.3, -0.25) is 4.79 Å². The number of hydrogen-bond donors (Lipinski definition) is 1. The maximum Gasteiger partial charge on any atom is 0.243 e. The van der Waals surface area contributed by atoms with Gasteiger partial charge < -0.3 is 10.1 Å². The maximum absolute atomic E-state index is 12.6. The zero-order valence-corrected chi connectivity index (χ0v) is 17.7. The highest BCUT2D eigenvalue weighted by Gasteiger charge is 2.26. The third-order valence-electron chi connectivity index (χ3n) is 5.25. The Balaban J connectivity index is 1.55. The first kappa shape index (κ1) is 21.3. The molecule has 0 unspecified atom stereocenters. The molecule has 1 aliphatic heterocycles. The van der Waals surface area contributed by atoms with Crippen LogP contribution in [-0.2, 0) is 21.2 Å². The van der Waals surface area contributed by atoms with Gasteiger partial charge in [-0.2, -0.15) is 4.31 Å². The molecular weight excluding hydrogens is 388 g/mol. The first-order valence-corrected chi connectivity index (χ1v) is 11.4. The lowest BCUT2D eigenvalue weighted by Gasteiger charge is -2.17. The molecule has 1 amide bonds. The highest BCUT2D eigenvalue weighted by atomic mass is 32.2. The van der Waals surface area contributed by atoms with Crippen molar-refractivity contribution in [3.05, 3.63) is 59.7 Å². The molecule has 0 saturated carbocycles. The van der Waals surface area contributed by atoms with E-state index in [9.17, 15) is 13.2 Å². The molecule has 1 aliphatic rings. The number of rotatable bonds is 8. The van der Waals surface area contributed by atoms with Gasteiger partial charge in [-0.1, -0.05) is 30.3 Å². The van der Waals surface area contributed by atoms with E-state index in [0.717, 1.165) is 29.7 Å². The summed E-state index contributed by atoms with van der Waals surface area (Å²) in [6.07, 6.45) is 2.71. The summed E-state index contributed by atoms with van der Waals surface area (Å²) in [5, 5.41) is 2.99. The van der Waals surface area contributed by atoms with Gasteiger partial charge >= 0.3 is 0 Å². The molecule has 156 valence electrons. The molecule has 1 atom stereocenters. The number of carbonyl (C=O) groups is 1. The predicted octanol–water partition coefficient (Wildman–Crippen LogP) is 3.29. The van der Waals surface area contributed by atoms with Crippen molar-refractivity contribution in [2.75, 3.05) is 20.2 Å². The number of nitrogens with zero attached hydrogens (tertiary/aromatic N) is 1. The number of ether oxygens (including phenoxy) is 1. The van der Waals surface area contributed by atoms with Crippen molar-refractivity contribution >= 4 is 15.9 Å². The zero-order valence-electron chi connectivity index (χ0n) is 16.9. The zero-order chi connectivity index (χ0) is 20.9. The van der Waals surface area contributed by atoms with E-state index in [-0.39, 0.29) is 11.9 Å². The van der Waals surface area contributed by atoms with Crippen LogP contribution in [0.2, 0.25) is 0 Å². The Morgan fingerprint density at radius 2 is 1.76 bits per heavy atom. The molecule has 7 heteroatoms. The average Bonchev–Trinajstić information content (AvgIpc) is 3.28. The van der Waals surface area contributed by atoms with E-state index in [1.807, 2.05) is 31.2 Å². The topological polar surface area (TPSA) is 75.7 Å². The Hall–Kier alpha value is -2.38. The fourth-order valence-corrected chi connectivity index (χ4v) is 5.10. The summed E-state index contributed by atoms with van der Waals surface area (Å²) in [6.45, 7) is 3.11. The van der Waals surface area contributed by atoms with Crippen molar-refractivity contribution in [2.24, 2.45) is 0 Å². The van der Waals surface area contributed by atoms with E-state index < -0.39 is 10.0 Å². The highest BCUT2D eigenvalue weighted by molar-refractivity contribution is 7.89. The molecule has 1 saturated heterocycles. The fourth-order valence-electron chi connectivity index (χ4n) is 3.58. The molecule has 3 rings (SSSR count). The van der Waals surface area contributed by atoms with Gasteiger partial charge in [-0.15, -0.1) is 0 Å². The second-order valence-electron chi connectivity index (χ2n) is 7.29. The third-order valence-corrected chi connectivity index (χ3v) is 7.16. The minimum Gasteiger partial charge on any atom is -0.496 e. The number of carbonyl (C=O) groups excluding carboxylic acids is 1. The Labute approximate surface area is 172 Å². The van der Waals surface area contributed by atoms with Crippen LogP contribution in [0.4, 0.5) is 0 Å². The molecule has 1 fully saturated rings. The monoisotopic (exact) mass is 416 g/mol. The summed E-state index contributed by atoms with van der Waals surface area (Å²) < 4.78 is 32.0. The van der Waals surface area contributed by atoms with Crippen molar-refractivity contribution in [3.8, 4) is 5.75 Å². The van der Waals surface area contributed by atoms with Crippen LogP contribution in [0, 0.1) is 0 Å². The molecule has 0 aliphatic carbocycles. The summed E-state index contributed by atoms with van der Waals surface area (Å²) in [5.41, 5.74) is 1.87. The number of nitrogens with one attached hydrogen (secondary N) is 1. The van der Waals surface area contributed by atoms with Gasteiger partial charge in [0.1, 0.15) is 5.75 Å². The number of para-hydroxylation sites is 1. The van der Waals surface area contributed by atoms with Gasteiger partial charge in [-0.05, 0) is 49.9 Å². The molecule has 2 aromatic rings. The normalized spacial score (nSPS) is 15.8. The van der Waals surface area contributed by atoms with Gasteiger partial charge in [0.25, 0.3) is 0 Å². The van der Waals surface area contributed by atoms with Crippen LogP contribution in [0.3, 0.4) is 0 Å². The molecule has 6 nitrogen and oxygen atoms in total. The second-order valence-corrected chi connectivity index (χ2v) is 9.22. The molecule has 0 radical (unpaired) electrons.